The van der Waals surface area contributed by atoms with Crippen LogP contribution in [-0.2, 0) is 10.0 Å². The number of hydrogen-bond donors (Lipinski definition) is 2. The molecular formula is C10H8BrFN2O2S2. The molecule has 0 atom stereocenters. The number of halogens is 2. The van der Waals surface area contributed by atoms with Crippen LogP contribution in [0.1, 0.15) is 0 Å². The molecule has 0 fully saturated rings. The second-order valence-corrected chi connectivity index (χ2v) is 7.16. The molecular weight excluding hydrogens is 343 g/mol. The third-order valence-corrected chi connectivity index (χ3v) is 5.35. The van der Waals surface area contributed by atoms with E-state index in [1.165, 1.54) is 23.6 Å². The van der Waals surface area contributed by atoms with Gasteiger partial charge in [0.1, 0.15) is 10.0 Å². The second kappa shape index (κ2) is 4.87. The van der Waals surface area contributed by atoms with Gasteiger partial charge in [0.15, 0.2) is 0 Å². The van der Waals surface area contributed by atoms with Crippen molar-refractivity contribution in [2.24, 2.45) is 0 Å². The van der Waals surface area contributed by atoms with Crippen molar-refractivity contribution < 1.29 is 12.8 Å². The Balaban J connectivity index is 2.33. The standard InChI is InChI=1S/C10H8BrFN2O2S2/c11-6-1-2-9(8(12)3-6)14-18(15,16)10-4-7(13)5-17-10/h1-5,14H,13H2. The van der Waals surface area contributed by atoms with Crippen molar-refractivity contribution >= 4 is 48.7 Å². The molecule has 0 aliphatic carbocycles. The van der Waals surface area contributed by atoms with E-state index in [9.17, 15) is 12.8 Å². The highest BCUT2D eigenvalue weighted by Crippen LogP contribution is 2.26. The molecule has 4 nitrogen and oxygen atoms in total. The van der Waals surface area contributed by atoms with Gasteiger partial charge in [-0.3, -0.25) is 4.72 Å². The maximum Gasteiger partial charge on any atom is 0.271 e. The zero-order chi connectivity index (χ0) is 13.3. The van der Waals surface area contributed by atoms with E-state index in [2.05, 4.69) is 20.7 Å². The minimum absolute atomic E-state index is 0.0438. The second-order valence-electron chi connectivity index (χ2n) is 3.43. The summed E-state index contributed by atoms with van der Waals surface area (Å²) in [4.78, 5) is 0. The topological polar surface area (TPSA) is 72.2 Å². The lowest BCUT2D eigenvalue weighted by Gasteiger charge is -2.07. The average molecular weight is 351 g/mol. The Morgan fingerprint density at radius 3 is 2.61 bits per heavy atom. The van der Waals surface area contributed by atoms with E-state index < -0.39 is 15.8 Å². The van der Waals surface area contributed by atoms with E-state index in [0.717, 1.165) is 11.3 Å². The minimum atomic E-state index is -3.79. The molecule has 0 aliphatic rings. The van der Waals surface area contributed by atoms with E-state index >= 15 is 0 Å². The molecule has 0 saturated heterocycles. The van der Waals surface area contributed by atoms with Gasteiger partial charge in [0.25, 0.3) is 10.0 Å². The number of thiophene rings is 1. The third-order valence-electron chi connectivity index (χ3n) is 2.04. The van der Waals surface area contributed by atoms with Crippen LogP contribution in [0.5, 0.6) is 0 Å². The van der Waals surface area contributed by atoms with Crippen LogP contribution in [0.25, 0.3) is 0 Å². The van der Waals surface area contributed by atoms with Gasteiger partial charge >= 0.3 is 0 Å². The van der Waals surface area contributed by atoms with Crippen LogP contribution in [0.3, 0.4) is 0 Å². The summed E-state index contributed by atoms with van der Waals surface area (Å²) in [7, 11) is -3.79. The van der Waals surface area contributed by atoms with Crippen molar-refractivity contribution in [1.29, 1.82) is 0 Å². The fraction of sp³-hybridized carbons (Fsp3) is 0. The lowest BCUT2D eigenvalue weighted by atomic mass is 10.3. The Labute approximate surface area is 116 Å². The number of rotatable bonds is 3. The highest BCUT2D eigenvalue weighted by atomic mass is 79.9. The molecule has 2 aromatic rings. The summed E-state index contributed by atoms with van der Waals surface area (Å²) >= 11 is 4.07. The van der Waals surface area contributed by atoms with Gasteiger partial charge < -0.3 is 5.73 Å². The lowest BCUT2D eigenvalue weighted by Crippen LogP contribution is -2.12. The first-order valence-electron chi connectivity index (χ1n) is 4.70. The Morgan fingerprint density at radius 2 is 2.06 bits per heavy atom. The van der Waals surface area contributed by atoms with Crippen LogP contribution in [0.2, 0.25) is 0 Å². The Hall–Kier alpha value is -1.12. The van der Waals surface area contributed by atoms with E-state index in [1.807, 2.05) is 0 Å². The summed E-state index contributed by atoms with van der Waals surface area (Å²) in [6.07, 6.45) is 0. The molecule has 3 N–H and O–H groups in total. The average Bonchev–Trinajstić information content (AvgIpc) is 2.70. The number of sulfonamides is 1. The van der Waals surface area contributed by atoms with Crippen molar-refractivity contribution in [2.75, 3.05) is 10.5 Å². The first-order valence-corrected chi connectivity index (χ1v) is 7.86. The number of nitrogens with one attached hydrogen (secondary N) is 1. The minimum Gasteiger partial charge on any atom is -0.398 e. The fourth-order valence-corrected chi connectivity index (χ4v) is 3.72. The summed E-state index contributed by atoms with van der Waals surface area (Å²) in [5, 5.41) is 1.51. The van der Waals surface area contributed by atoms with E-state index in [4.69, 9.17) is 5.73 Å². The molecule has 1 aromatic carbocycles. The first-order chi connectivity index (χ1) is 8.38. The number of hydrogen-bond acceptors (Lipinski definition) is 4. The summed E-state index contributed by atoms with van der Waals surface area (Å²) in [6.45, 7) is 0. The van der Waals surface area contributed by atoms with Crippen LogP contribution >= 0.6 is 27.3 Å². The number of nitrogen functional groups attached to an aromatic ring is 1. The Kier molecular flexibility index (Phi) is 3.60. The lowest BCUT2D eigenvalue weighted by molar-refractivity contribution is 0.600. The van der Waals surface area contributed by atoms with Gasteiger partial charge in [-0.25, -0.2) is 12.8 Å². The van der Waals surface area contributed by atoms with Crippen LogP contribution in [0.15, 0.2) is 38.3 Å². The van der Waals surface area contributed by atoms with Gasteiger partial charge in [-0.2, -0.15) is 0 Å². The zero-order valence-corrected chi connectivity index (χ0v) is 12.1. The van der Waals surface area contributed by atoms with Crippen molar-refractivity contribution in [1.82, 2.24) is 0 Å². The van der Waals surface area contributed by atoms with Crippen molar-refractivity contribution in [2.45, 2.75) is 4.21 Å². The van der Waals surface area contributed by atoms with E-state index in [0.29, 0.717) is 10.2 Å². The molecule has 0 aliphatic heterocycles. The number of anilines is 2. The normalized spacial score (nSPS) is 11.4. The van der Waals surface area contributed by atoms with Gasteiger partial charge in [-0.1, -0.05) is 15.9 Å². The molecule has 0 saturated carbocycles. The van der Waals surface area contributed by atoms with Crippen LogP contribution < -0.4 is 10.5 Å². The number of benzene rings is 1. The summed E-state index contributed by atoms with van der Waals surface area (Å²) < 4.78 is 40.1. The monoisotopic (exact) mass is 350 g/mol. The molecule has 1 heterocycles. The molecule has 2 rings (SSSR count). The predicted molar refractivity (Wildman–Crippen MR) is 73.6 cm³/mol. The predicted octanol–water partition coefficient (Wildman–Crippen LogP) is 3.03. The van der Waals surface area contributed by atoms with Crippen molar-refractivity contribution in [3.05, 3.63) is 39.9 Å². The molecule has 0 radical (unpaired) electrons. The Morgan fingerprint density at radius 1 is 1.33 bits per heavy atom. The maximum absolute atomic E-state index is 13.5. The molecule has 8 heteroatoms. The van der Waals surface area contributed by atoms with Crippen molar-refractivity contribution in [3.63, 3.8) is 0 Å². The SMILES string of the molecule is Nc1csc(S(=O)(=O)Nc2ccc(Br)cc2F)c1. The van der Waals surface area contributed by atoms with E-state index in [1.54, 1.807) is 6.07 Å². The molecule has 0 unspecified atom stereocenters. The van der Waals surface area contributed by atoms with Crippen molar-refractivity contribution in [3.8, 4) is 0 Å². The highest BCUT2D eigenvalue weighted by molar-refractivity contribution is 9.10. The fourth-order valence-electron chi connectivity index (χ4n) is 1.24. The molecule has 0 spiro atoms. The van der Waals surface area contributed by atoms with Gasteiger partial charge in [0, 0.05) is 15.5 Å². The summed E-state index contributed by atoms with van der Waals surface area (Å²) in [5.41, 5.74) is 5.71. The molecule has 0 bridgehead atoms. The summed E-state index contributed by atoms with van der Waals surface area (Å²) in [5.74, 6) is -0.655. The highest BCUT2D eigenvalue weighted by Gasteiger charge is 2.18. The molecule has 96 valence electrons. The molecule has 0 amide bonds. The first kappa shape index (κ1) is 13.3. The van der Waals surface area contributed by atoms with Crippen LogP contribution in [0.4, 0.5) is 15.8 Å². The third kappa shape index (κ3) is 2.82. The quantitative estimate of drug-likeness (QED) is 0.893. The maximum atomic E-state index is 13.5. The van der Waals surface area contributed by atoms with Gasteiger partial charge in [0.2, 0.25) is 0 Å². The summed E-state index contributed by atoms with van der Waals surface area (Å²) in [6, 6.07) is 5.39. The van der Waals surface area contributed by atoms with Crippen LogP contribution in [-0.4, -0.2) is 8.42 Å². The smallest absolute Gasteiger partial charge is 0.271 e. The Bertz CT molecular complexity index is 685. The number of nitrogens with two attached hydrogens (primary N) is 1. The zero-order valence-electron chi connectivity index (χ0n) is 8.85. The van der Waals surface area contributed by atoms with Gasteiger partial charge in [-0.15, -0.1) is 11.3 Å². The van der Waals surface area contributed by atoms with E-state index in [-0.39, 0.29) is 9.90 Å². The molecule has 1 aromatic heterocycles. The van der Waals surface area contributed by atoms with Gasteiger partial charge in [-0.05, 0) is 24.3 Å². The largest absolute Gasteiger partial charge is 0.398 e. The van der Waals surface area contributed by atoms with Gasteiger partial charge in [0.05, 0.1) is 5.69 Å². The van der Waals surface area contributed by atoms with Crippen LogP contribution in [0, 0.1) is 5.82 Å². The molecule has 18 heavy (non-hydrogen) atoms.